The van der Waals surface area contributed by atoms with E-state index in [2.05, 4.69) is 15.4 Å². The molecule has 0 radical (unpaired) electrons. The maximum atomic E-state index is 11.7. The lowest BCUT2D eigenvalue weighted by molar-refractivity contribution is -0.0594. The Morgan fingerprint density at radius 2 is 2.00 bits per heavy atom. The number of amides is 1. The first-order valence-corrected chi connectivity index (χ1v) is 7.63. The maximum absolute atomic E-state index is 11.7. The normalized spacial score (nSPS) is 25.9. The van der Waals surface area contributed by atoms with Gasteiger partial charge >= 0.3 is 0 Å². The summed E-state index contributed by atoms with van der Waals surface area (Å²) in [6, 6.07) is 7.40. The van der Waals surface area contributed by atoms with Gasteiger partial charge in [-0.3, -0.25) is 4.79 Å². The van der Waals surface area contributed by atoms with Gasteiger partial charge in [-0.25, -0.2) is 4.68 Å². The van der Waals surface area contributed by atoms with Crippen LogP contribution in [0.5, 0.6) is 0 Å². The standard InChI is InChI=1S/C15H19N5O5/c1-7-2-4-8(5-3-7)17-15-18-13(12(16)24)20(19-15)14-11(23)10(22)9(6-21)25-14/h2-5,9-11,14,21-23H,6H2,1H3,(H2,16,24)(H,17,19)/t9-,10-,11-,14-/m1/s1. The van der Waals surface area contributed by atoms with Crippen LogP contribution in [0, 0.1) is 6.92 Å². The van der Waals surface area contributed by atoms with Crippen molar-refractivity contribution in [2.45, 2.75) is 31.5 Å². The number of rotatable bonds is 5. The largest absolute Gasteiger partial charge is 0.394 e. The number of primary amides is 1. The SMILES string of the molecule is Cc1ccc(Nc2nc(C(N)=O)n([C@@H]3O[C@H](CO)[C@@H](O)[C@H]3O)n2)cc1. The Balaban J connectivity index is 1.90. The number of hydrogen-bond acceptors (Lipinski definition) is 8. The highest BCUT2D eigenvalue weighted by molar-refractivity contribution is 5.89. The van der Waals surface area contributed by atoms with Gasteiger partial charge in [0.1, 0.15) is 18.3 Å². The lowest BCUT2D eigenvalue weighted by Gasteiger charge is -2.15. The average molecular weight is 349 g/mol. The number of ether oxygens (including phenoxy) is 1. The van der Waals surface area contributed by atoms with Crippen molar-refractivity contribution in [1.29, 1.82) is 0 Å². The number of aliphatic hydroxyl groups excluding tert-OH is 3. The Hall–Kier alpha value is -2.53. The van der Waals surface area contributed by atoms with Gasteiger partial charge in [0.2, 0.25) is 11.8 Å². The Morgan fingerprint density at radius 1 is 1.32 bits per heavy atom. The van der Waals surface area contributed by atoms with Crippen LogP contribution in [0.1, 0.15) is 22.4 Å². The summed E-state index contributed by atoms with van der Waals surface area (Å²) >= 11 is 0. The summed E-state index contributed by atoms with van der Waals surface area (Å²) < 4.78 is 6.37. The number of aryl methyl sites for hydroxylation is 1. The van der Waals surface area contributed by atoms with E-state index < -0.39 is 37.1 Å². The van der Waals surface area contributed by atoms with E-state index in [0.29, 0.717) is 5.69 Å². The van der Waals surface area contributed by atoms with Crippen LogP contribution in [0.15, 0.2) is 24.3 Å². The van der Waals surface area contributed by atoms with Crippen LogP contribution in [0.4, 0.5) is 11.6 Å². The summed E-state index contributed by atoms with van der Waals surface area (Å²) in [5, 5.41) is 36.2. The van der Waals surface area contributed by atoms with E-state index in [9.17, 15) is 20.1 Å². The fourth-order valence-electron chi connectivity index (χ4n) is 2.57. The van der Waals surface area contributed by atoms with Crippen molar-refractivity contribution in [2.75, 3.05) is 11.9 Å². The average Bonchev–Trinajstić information content (AvgIpc) is 3.12. The number of carbonyl (C=O) groups excluding carboxylic acids is 1. The zero-order valence-corrected chi connectivity index (χ0v) is 13.4. The molecule has 0 bridgehead atoms. The molecule has 0 saturated carbocycles. The summed E-state index contributed by atoms with van der Waals surface area (Å²) in [4.78, 5) is 15.7. The number of hydrogen-bond donors (Lipinski definition) is 5. The summed E-state index contributed by atoms with van der Waals surface area (Å²) in [5.41, 5.74) is 7.09. The molecule has 1 saturated heterocycles. The number of aliphatic hydroxyl groups is 3. The Kier molecular flexibility index (Phi) is 4.68. The van der Waals surface area contributed by atoms with Crippen molar-refractivity contribution in [1.82, 2.24) is 14.8 Å². The number of nitrogens with two attached hydrogens (primary N) is 1. The molecule has 1 aliphatic rings. The zero-order chi connectivity index (χ0) is 18.1. The van der Waals surface area contributed by atoms with Gasteiger partial charge in [0.05, 0.1) is 6.61 Å². The lowest BCUT2D eigenvalue weighted by Crippen LogP contribution is -2.34. The third-order valence-corrected chi connectivity index (χ3v) is 3.92. The second-order valence-electron chi connectivity index (χ2n) is 5.79. The van der Waals surface area contributed by atoms with Gasteiger partial charge in [-0.1, -0.05) is 17.7 Å². The van der Waals surface area contributed by atoms with E-state index in [1.54, 1.807) is 0 Å². The molecule has 0 aliphatic carbocycles. The van der Waals surface area contributed by atoms with E-state index in [1.165, 1.54) is 0 Å². The van der Waals surface area contributed by atoms with Gasteiger partial charge < -0.3 is 31.1 Å². The van der Waals surface area contributed by atoms with E-state index >= 15 is 0 Å². The summed E-state index contributed by atoms with van der Waals surface area (Å²) in [6.45, 7) is 1.45. The van der Waals surface area contributed by atoms with Crippen molar-refractivity contribution in [3.63, 3.8) is 0 Å². The van der Waals surface area contributed by atoms with Crippen molar-refractivity contribution in [3.05, 3.63) is 35.7 Å². The molecule has 1 amide bonds. The minimum atomic E-state index is -1.40. The fraction of sp³-hybridized carbons (Fsp3) is 0.400. The Bertz CT molecular complexity index is 762. The summed E-state index contributed by atoms with van der Waals surface area (Å²) in [7, 11) is 0. The number of nitrogens with zero attached hydrogens (tertiary/aromatic N) is 3. The highest BCUT2D eigenvalue weighted by Gasteiger charge is 2.45. The van der Waals surface area contributed by atoms with E-state index in [4.69, 9.17) is 10.5 Å². The summed E-state index contributed by atoms with van der Waals surface area (Å²) in [6.07, 6.45) is -4.92. The van der Waals surface area contributed by atoms with Crippen LogP contribution < -0.4 is 11.1 Å². The summed E-state index contributed by atoms with van der Waals surface area (Å²) in [5.74, 6) is -1.04. The second kappa shape index (κ2) is 6.76. The highest BCUT2D eigenvalue weighted by Crippen LogP contribution is 2.30. The molecule has 1 aromatic carbocycles. The maximum Gasteiger partial charge on any atom is 0.286 e. The quantitative estimate of drug-likeness (QED) is 0.462. The molecule has 1 aromatic heterocycles. The molecule has 1 aliphatic heterocycles. The number of benzene rings is 1. The molecule has 0 spiro atoms. The van der Waals surface area contributed by atoms with Crippen molar-refractivity contribution >= 4 is 17.5 Å². The van der Waals surface area contributed by atoms with Gasteiger partial charge in [0, 0.05) is 5.69 Å². The van der Waals surface area contributed by atoms with Crippen LogP contribution in [0.3, 0.4) is 0 Å². The van der Waals surface area contributed by atoms with Crippen molar-refractivity contribution in [3.8, 4) is 0 Å². The molecule has 134 valence electrons. The number of carbonyl (C=O) groups is 1. The van der Waals surface area contributed by atoms with Crippen LogP contribution >= 0.6 is 0 Å². The third-order valence-electron chi connectivity index (χ3n) is 3.92. The van der Waals surface area contributed by atoms with Gasteiger partial charge in [-0.2, -0.15) is 4.98 Å². The van der Waals surface area contributed by atoms with Crippen molar-refractivity contribution in [2.24, 2.45) is 5.73 Å². The minimum Gasteiger partial charge on any atom is -0.394 e. The molecule has 6 N–H and O–H groups in total. The number of nitrogens with one attached hydrogen (secondary N) is 1. The molecular formula is C15H19N5O5. The topological polar surface area (TPSA) is 156 Å². The van der Waals surface area contributed by atoms with Crippen LogP contribution in [-0.4, -0.2) is 60.9 Å². The van der Waals surface area contributed by atoms with Crippen LogP contribution in [0.2, 0.25) is 0 Å². The molecule has 3 rings (SSSR count). The monoisotopic (exact) mass is 349 g/mol. The molecule has 10 nitrogen and oxygen atoms in total. The minimum absolute atomic E-state index is 0.0791. The first-order valence-electron chi connectivity index (χ1n) is 7.63. The molecule has 1 fully saturated rings. The fourth-order valence-corrected chi connectivity index (χ4v) is 2.57. The van der Waals surface area contributed by atoms with E-state index in [1.807, 2.05) is 31.2 Å². The van der Waals surface area contributed by atoms with E-state index in [0.717, 1.165) is 10.2 Å². The highest BCUT2D eigenvalue weighted by atomic mass is 16.6. The van der Waals surface area contributed by atoms with Gasteiger partial charge in [-0.05, 0) is 19.1 Å². The predicted octanol–water partition coefficient (Wildman–Crippen LogP) is -0.959. The Morgan fingerprint density at radius 3 is 2.56 bits per heavy atom. The van der Waals surface area contributed by atoms with Gasteiger partial charge in [-0.15, -0.1) is 5.10 Å². The molecule has 2 heterocycles. The predicted molar refractivity (Wildman–Crippen MR) is 86.0 cm³/mol. The Labute approximate surface area is 142 Å². The third kappa shape index (κ3) is 3.33. The van der Waals surface area contributed by atoms with Gasteiger partial charge in [0.25, 0.3) is 5.91 Å². The first-order chi connectivity index (χ1) is 11.9. The first kappa shape index (κ1) is 17.3. The smallest absolute Gasteiger partial charge is 0.286 e. The van der Waals surface area contributed by atoms with Gasteiger partial charge in [0.15, 0.2) is 6.23 Å². The molecule has 25 heavy (non-hydrogen) atoms. The zero-order valence-electron chi connectivity index (χ0n) is 13.4. The number of aromatic nitrogens is 3. The molecule has 10 heteroatoms. The second-order valence-corrected chi connectivity index (χ2v) is 5.79. The van der Waals surface area contributed by atoms with Crippen LogP contribution in [0.25, 0.3) is 0 Å². The molecular weight excluding hydrogens is 330 g/mol. The molecule has 2 aromatic rings. The van der Waals surface area contributed by atoms with E-state index in [-0.39, 0.29) is 11.8 Å². The molecule has 0 unspecified atom stereocenters. The number of anilines is 2. The lowest BCUT2D eigenvalue weighted by atomic mass is 10.1. The van der Waals surface area contributed by atoms with Crippen LogP contribution in [-0.2, 0) is 4.74 Å². The van der Waals surface area contributed by atoms with Crippen molar-refractivity contribution < 1.29 is 24.9 Å². The molecule has 4 atom stereocenters.